The van der Waals surface area contributed by atoms with Gasteiger partial charge in [0, 0.05) is 25.9 Å². The molecule has 0 heterocycles. The van der Waals surface area contributed by atoms with E-state index in [-0.39, 0.29) is 23.2 Å². The van der Waals surface area contributed by atoms with Crippen LogP contribution in [0.25, 0.3) is 0 Å². The molecule has 0 aliphatic heterocycles. The number of halogens is 1. The second kappa shape index (κ2) is 10.9. The molecule has 2 amide bonds. The van der Waals surface area contributed by atoms with Crippen LogP contribution < -0.4 is 9.50 Å². The van der Waals surface area contributed by atoms with Gasteiger partial charge in [0.25, 0.3) is 0 Å². The third-order valence-electron chi connectivity index (χ3n) is 4.74. The zero-order chi connectivity index (χ0) is 23.8. The van der Waals surface area contributed by atoms with E-state index >= 15 is 0 Å². The molecule has 0 spiro atoms. The van der Waals surface area contributed by atoms with Gasteiger partial charge >= 0.3 is 16.1 Å². The molecule has 0 saturated heterocycles. The number of benzene rings is 3. The van der Waals surface area contributed by atoms with Crippen LogP contribution in [0.2, 0.25) is 0 Å². The second-order valence-corrected chi connectivity index (χ2v) is 8.90. The van der Waals surface area contributed by atoms with Crippen LogP contribution in [0.1, 0.15) is 11.1 Å². The van der Waals surface area contributed by atoms with Crippen molar-refractivity contribution in [2.75, 3.05) is 25.6 Å². The largest absolute Gasteiger partial charge is 0.383 e. The highest BCUT2D eigenvalue weighted by molar-refractivity contribution is 7.87. The van der Waals surface area contributed by atoms with E-state index in [0.29, 0.717) is 24.4 Å². The van der Waals surface area contributed by atoms with Crippen molar-refractivity contribution in [2.24, 2.45) is 0 Å². The molecular formula is C24H25FN2O5S. The van der Waals surface area contributed by atoms with Gasteiger partial charge in [-0.15, -0.1) is 0 Å². The Labute approximate surface area is 192 Å². The average Bonchev–Trinajstić information content (AvgIpc) is 2.78. The number of hydrogen-bond donors (Lipinski definition) is 1. The molecule has 0 atom stereocenters. The lowest BCUT2D eigenvalue weighted by atomic mass is 10.2. The van der Waals surface area contributed by atoms with Gasteiger partial charge in [-0.3, -0.25) is 0 Å². The number of amides is 2. The summed E-state index contributed by atoms with van der Waals surface area (Å²) in [7, 11) is -2.58. The van der Waals surface area contributed by atoms with Gasteiger partial charge in [-0.25, -0.2) is 9.18 Å². The molecule has 0 aliphatic rings. The van der Waals surface area contributed by atoms with Crippen molar-refractivity contribution >= 4 is 21.8 Å². The maximum Gasteiger partial charge on any atom is 0.339 e. The second-order valence-electron chi connectivity index (χ2n) is 7.35. The van der Waals surface area contributed by atoms with Crippen molar-refractivity contribution in [1.82, 2.24) is 4.90 Å². The molecule has 0 radical (unpaired) electrons. The lowest BCUT2D eigenvalue weighted by molar-refractivity contribution is 0.153. The van der Waals surface area contributed by atoms with Crippen LogP contribution in [0.15, 0.2) is 77.7 Å². The van der Waals surface area contributed by atoms with Crippen molar-refractivity contribution in [3.05, 3.63) is 89.7 Å². The van der Waals surface area contributed by atoms with Gasteiger partial charge in [0.2, 0.25) is 0 Å². The minimum atomic E-state index is -4.13. The fraction of sp³-hybridized carbons (Fsp3) is 0.208. The van der Waals surface area contributed by atoms with Crippen LogP contribution in [0.4, 0.5) is 14.9 Å². The number of ether oxygens (including phenoxy) is 1. The standard InChI is InChI=1S/C24H25FN2O5S/c1-18-6-10-21(11-7-18)26-24(28)27(14-15-31-2)17-19-4-3-5-22(16-19)32-33(29,30)23-12-8-20(25)9-13-23/h3-13,16H,14-15,17H2,1-2H3,(H,26,28). The first-order valence-electron chi connectivity index (χ1n) is 10.2. The minimum absolute atomic E-state index is 0.0856. The van der Waals surface area contributed by atoms with Crippen molar-refractivity contribution in [2.45, 2.75) is 18.4 Å². The zero-order valence-corrected chi connectivity index (χ0v) is 19.1. The Kier molecular flexibility index (Phi) is 8.02. The van der Waals surface area contributed by atoms with Gasteiger partial charge < -0.3 is 19.1 Å². The van der Waals surface area contributed by atoms with Gasteiger partial charge in [0.05, 0.1) is 6.61 Å². The number of rotatable bonds is 9. The lowest BCUT2D eigenvalue weighted by Gasteiger charge is -2.23. The Hall–Kier alpha value is -3.43. The van der Waals surface area contributed by atoms with Crippen molar-refractivity contribution in [3.8, 4) is 5.75 Å². The predicted octanol–water partition coefficient (Wildman–Crippen LogP) is 4.58. The molecule has 1 N–H and O–H groups in total. The Morgan fingerprint density at radius 2 is 1.73 bits per heavy atom. The van der Waals surface area contributed by atoms with Gasteiger partial charge in [-0.2, -0.15) is 8.42 Å². The predicted molar refractivity (Wildman–Crippen MR) is 123 cm³/mol. The highest BCUT2D eigenvalue weighted by Crippen LogP contribution is 2.21. The number of carbonyl (C=O) groups is 1. The van der Waals surface area contributed by atoms with Crippen molar-refractivity contribution in [1.29, 1.82) is 0 Å². The van der Waals surface area contributed by atoms with Gasteiger partial charge in [0.1, 0.15) is 16.5 Å². The maximum atomic E-state index is 13.1. The molecular weight excluding hydrogens is 447 g/mol. The molecule has 33 heavy (non-hydrogen) atoms. The fourth-order valence-corrected chi connectivity index (χ4v) is 3.91. The molecule has 9 heteroatoms. The number of nitrogens with one attached hydrogen (secondary N) is 1. The highest BCUT2D eigenvalue weighted by atomic mass is 32.2. The summed E-state index contributed by atoms with van der Waals surface area (Å²) in [4.78, 5) is 14.2. The summed E-state index contributed by atoms with van der Waals surface area (Å²) in [6, 6.07) is 17.9. The third-order valence-corrected chi connectivity index (χ3v) is 6.00. The number of urea groups is 1. The van der Waals surface area contributed by atoms with Gasteiger partial charge in [0.15, 0.2) is 0 Å². The van der Waals surface area contributed by atoms with E-state index in [9.17, 15) is 17.6 Å². The molecule has 3 aromatic carbocycles. The van der Waals surface area contributed by atoms with Crippen LogP contribution in [-0.4, -0.2) is 39.6 Å². The summed E-state index contributed by atoms with van der Waals surface area (Å²) in [6.07, 6.45) is 0. The Morgan fingerprint density at radius 1 is 1.03 bits per heavy atom. The van der Waals surface area contributed by atoms with E-state index in [4.69, 9.17) is 8.92 Å². The highest BCUT2D eigenvalue weighted by Gasteiger charge is 2.18. The number of anilines is 1. The van der Waals surface area contributed by atoms with Crippen molar-refractivity contribution in [3.63, 3.8) is 0 Å². The smallest absolute Gasteiger partial charge is 0.339 e. The Bertz CT molecular complexity index is 1180. The Morgan fingerprint density at radius 3 is 2.39 bits per heavy atom. The van der Waals surface area contributed by atoms with E-state index in [1.54, 1.807) is 30.2 Å². The summed E-state index contributed by atoms with van der Waals surface area (Å²) in [5, 5.41) is 2.85. The number of nitrogens with zero attached hydrogens (tertiary/aromatic N) is 1. The van der Waals surface area contributed by atoms with Crippen LogP contribution in [-0.2, 0) is 21.4 Å². The molecule has 0 saturated carbocycles. The molecule has 174 valence electrons. The van der Waals surface area contributed by atoms with Crippen LogP contribution in [0.3, 0.4) is 0 Å². The molecule has 0 bridgehead atoms. The number of aryl methyl sites for hydroxylation is 1. The molecule has 0 unspecified atom stereocenters. The fourth-order valence-electron chi connectivity index (χ4n) is 2.99. The number of hydrogen-bond acceptors (Lipinski definition) is 5. The van der Waals surface area contributed by atoms with E-state index in [0.717, 1.165) is 29.8 Å². The number of methoxy groups -OCH3 is 1. The molecule has 0 fully saturated rings. The van der Waals surface area contributed by atoms with E-state index in [1.165, 1.54) is 6.07 Å². The molecule has 0 aromatic heterocycles. The minimum Gasteiger partial charge on any atom is -0.383 e. The molecule has 0 aliphatic carbocycles. The van der Waals surface area contributed by atoms with Crippen LogP contribution in [0.5, 0.6) is 5.75 Å². The van der Waals surface area contributed by atoms with E-state index in [2.05, 4.69) is 5.32 Å². The van der Waals surface area contributed by atoms with Crippen LogP contribution in [0, 0.1) is 12.7 Å². The first kappa shape index (κ1) is 24.2. The summed E-state index contributed by atoms with van der Waals surface area (Å²) in [5.74, 6) is -0.460. The lowest BCUT2D eigenvalue weighted by Crippen LogP contribution is -2.36. The van der Waals surface area contributed by atoms with Gasteiger partial charge in [-0.1, -0.05) is 29.8 Å². The topological polar surface area (TPSA) is 84.9 Å². The summed E-state index contributed by atoms with van der Waals surface area (Å²) in [5.41, 5.74) is 2.41. The maximum absolute atomic E-state index is 13.1. The van der Waals surface area contributed by atoms with E-state index in [1.807, 2.05) is 31.2 Å². The number of carbonyl (C=O) groups excluding carboxylic acids is 1. The average molecular weight is 473 g/mol. The first-order chi connectivity index (χ1) is 15.8. The van der Waals surface area contributed by atoms with Crippen molar-refractivity contribution < 1.29 is 26.5 Å². The molecule has 7 nitrogen and oxygen atoms in total. The summed E-state index contributed by atoms with van der Waals surface area (Å²) >= 11 is 0. The monoisotopic (exact) mass is 472 g/mol. The molecule has 3 rings (SSSR count). The summed E-state index contributed by atoms with van der Waals surface area (Å²) < 4.78 is 48.4. The SMILES string of the molecule is COCCN(Cc1cccc(OS(=O)(=O)c2ccc(F)cc2)c1)C(=O)Nc1ccc(C)cc1. The first-order valence-corrected chi connectivity index (χ1v) is 11.6. The third kappa shape index (κ3) is 7.03. The normalized spacial score (nSPS) is 11.1. The van der Waals surface area contributed by atoms with Gasteiger partial charge in [-0.05, 0) is 61.0 Å². The summed E-state index contributed by atoms with van der Waals surface area (Å²) in [6.45, 7) is 2.82. The molecule has 3 aromatic rings. The van der Waals surface area contributed by atoms with Crippen LogP contribution >= 0.6 is 0 Å². The van der Waals surface area contributed by atoms with E-state index < -0.39 is 15.9 Å². The zero-order valence-electron chi connectivity index (χ0n) is 18.3. The Balaban J connectivity index is 1.73. The quantitative estimate of drug-likeness (QED) is 0.461.